The molecule has 2 N–H and O–H groups in total. The third-order valence-corrected chi connectivity index (χ3v) is 14.4. The Labute approximate surface area is 481 Å². The molecule has 0 spiro atoms. The molecule has 0 aliphatic heterocycles. The van der Waals surface area contributed by atoms with E-state index in [4.69, 9.17) is 13.8 Å². The number of esters is 1. The molecule has 3 atom stereocenters. The van der Waals surface area contributed by atoms with E-state index in [1.807, 2.05) is 33.3 Å². The summed E-state index contributed by atoms with van der Waals surface area (Å²) in [7, 11) is 1.47. The predicted octanol–water partition coefficient (Wildman–Crippen LogP) is 19.7. The normalized spacial score (nSPS) is 14.4. The van der Waals surface area contributed by atoms with Crippen LogP contribution in [0.1, 0.15) is 258 Å². The van der Waals surface area contributed by atoms with Gasteiger partial charge in [0.2, 0.25) is 5.91 Å². The van der Waals surface area contributed by atoms with Gasteiger partial charge in [-0.05, 0) is 109 Å². The van der Waals surface area contributed by atoms with Gasteiger partial charge in [0.1, 0.15) is 19.3 Å². The second-order valence-electron chi connectivity index (χ2n) is 22.2. The number of quaternary nitrogens is 1. The Morgan fingerprint density at radius 2 is 0.821 bits per heavy atom. The monoisotopic (exact) mass is 1110 g/mol. The summed E-state index contributed by atoms with van der Waals surface area (Å²) in [5, 5.41) is 3.05. The molecule has 448 valence electrons. The smallest absolute Gasteiger partial charge is 0.456 e. The van der Waals surface area contributed by atoms with E-state index in [2.05, 4.69) is 123 Å². The van der Waals surface area contributed by atoms with Gasteiger partial charge in [-0.25, -0.2) is 4.57 Å². The number of rotatable bonds is 56. The number of nitrogens with one attached hydrogen (secondary N) is 1. The van der Waals surface area contributed by atoms with Crippen LogP contribution in [0.2, 0.25) is 0 Å². The molecular formula is C68H120N2O7P+. The molecule has 9 nitrogen and oxygen atoms in total. The fourth-order valence-corrected chi connectivity index (χ4v) is 9.36. The number of phosphoric acid groups is 1. The van der Waals surface area contributed by atoms with Crippen LogP contribution in [0.3, 0.4) is 0 Å². The summed E-state index contributed by atoms with van der Waals surface area (Å²) in [5.74, 6) is -0.530. The molecule has 0 aromatic rings. The fourth-order valence-electron chi connectivity index (χ4n) is 8.63. The van der Waals surface area contributed by atoms with Gasteiger partial charge in [0, 0.05) is 12.8 Å². The fraction of sp³-hybridized carbons (Fsp3) is 0.706. The van der Waals surface area contributed by atoms with Crippen molar-refractivity contribution in [3.8, 4) is 0 Å². The molecule has 10 heteroatoms. The SMILES string of the molecule is CC/C=C\C/C=C\C/C=C\C/C=C\C/C=C\C/C=C\CCCCCCCCCCC(=O)NC(COP(=O)(O)OCC[N+](C)(C)C)C(/C=C\CCCCCCCCCCC)OC(=O)CCCCCCCCC/C=C/C/C=C/CC. The Morgan fingerprint density at radius 3 is 1.23 bits per heavy atom. The zero-order valence-electron chi connectivity index (χ0n) is 51.1. The zero-order valence-corrected chi connectivity index (χ0v) is 52.0. The van der Waals surface area contributed by atoms with Gasteiger partial charge in [0.05, 0.1) is 33.8 Å². The molecule has 0 radical (unpaired) electrons. The van der Waals surface area contributed by atoms with Crippen molar-refractivity contribution in [1.29, 1.82) is 0 Å². The third kappa shape index (κ3) is 57.4. The van der Waals surface area contributed by atoms with Crippen LogP contribution in [0.15, 0.2) is 109 Å². The maximum Gasteiger partial charge on any atom is 0.472 e. The first-order chi connectivity index (χ1) is 37.9. The number of unbranched alkanes of at least 4 members (excludes halogenated alkanes) is 24. The van der Waals surface area contributed by atoms with Crippen molar-refractivity contribution in [2.24, 2.45) is 0 Å². The maximum absolute atomic E-state index is 13.6. The molecular weight excluding hydrogens is 988 g/mol. The van der Waals surface area contributed by atoms with Crippen molar-refractivity contribution >= 4 is 19.7 Å². The molecule has 0 aromatic carbocycles. The molecule has 0 aliphatic carbocycles. The molecule has 0 bridgehead atoms. The number of phosphoric ester groups is 1. The Morgan fingerprint density at radius 1 is 0.462 bits per heavy atom. The summed E-state index contributed by atoms with van der Waals surface area (Å²) in [6.45, 7) is 6.77. The van der Waals surface area contributed by atoms with Gasteiger partial charge in [0.15, 0.2) is 0 Å². The first-order valence-corrected chi connectivity index (χ1v) is 33.2. The van der Waals surface area contributed by atoms with Crippen LogP contribution in [0.4, 0.5) is 0 Å². The van der Waals surface area contributed by atoms with E-state index >= 15 is 0 Å². The van der Waals surface area contributed by atoms with Gasteiger partial charge in [-0.15, -0.1) is 0 Å². The molecule has 0 saturated heterocycles. The highest BCUT2D eigenvalue weighted by Gasteiger charge is 2.30. The van der Waals surface area contributed by atoms with Crippen LogP contribution in [0.25, 0.3) is 0 Å². The second-order valence-corrected chi connectivity index (χ2v) is 23.6. The largest absolute Gasteiger partial charge is 0.472 e. The van der Waals surface area contributed by atoms with E-state index in [1.54, 1.807) is 0 Å². The maximum atomic E-state index is 13.6. The lowest BCUT2D eigenvalue weighted by molar-refractivity contribution is -0.870. The minimum atomic E-state index is -4.46. The van der Waals surface area contributed by atoms with Crippen LogP contribution >= 0.6 is 7.82 Å². The summed E-state index contributed by atoms with van der Waals surface area (Å²) in [4.78, 5) is 37.7. The van der Waals surface area contributed by atoms with Crippen LogP contribution in [-0.4, -0.2) is 74.3 Å². The molecule has 0 heterocycles. The van der Waals surface area contributed by atoms with Crippen LogP contribution < -0.4 is 5.32 Å². The van der Waals surface area contributed by atoms with E-state index in [0.29, 0.717) is 17.4 Å². The molecule has 0 saturated carbocycles. The lowest BCUT2D eigenvalue weighted by atomic mass is 10.0. The molecule has 0 aliphatic rings. The standard InChI is InChI=1S/C68H119N2O7P/c1-7-10-13-16-19-22-25-27-29-30-31-32-33-34-35-36-37-38-39-40-41-42-45-48-51-54-57-60-67(71)69-65(64-76-78(73,74)75-63-62-70(4,5)6)66(59-56-53-50-47-44-24-21-18-15-12-9-3)77-68(72)61-58-55-52-49-46-43-28-26-23-20-17-14-11-8-2/h10-11,13-14,19-20,22-23,27,29,31-32,34-35,37-38,56,59,65-66H,7-9,12,15-18,21,24-26,28,30,33,36,39-55,57-58,60-64H2,1-6H3,(H-,69,71,73,74)/p+1/b13-10-,14-11+,22-19-,23-20+,29-27-,32-31-,35-34-,38-37-,59-56-. The summed E-state index contributed by atoms with van der Waals surface area (Å²) < 4.78 is 30.7. The average molecular weight is 1110 g/mol. The topological polar surface area (TPSA) is 111 Å². The number of ether oxygens (including phenoxy) is 1. The summed E-state index contributed by atoms with van der Waals surface area (Å²) in [6.07, 6.45) is 78.1. The van der Waals surface area contributed by atoms with Crippen molar-refractivity contribution in [3.05, 3.63) is 109 Å². The van der Waals surface area contributed by atoms with E-state index in [-0.39, 0.29) is 31.5 Å². The van der Waals surface area contributed by atoms with Crippen molar-refractivity contribution in [1.82, 2.24) is 5.32 Å². The molecule has 78 heavy (non-hydrogen) atoms. The highest BCUT2D eigenvalue weighted by atomic mass is 31.2. The first-order valence-electron chi connectivity index (χ1n) is 31.7. The minimum Gasteiger partial charge on any atom is -0.456 e. The van der Waals surface area contributed by atoms with Gasteiger partial charge < -0.3 is 19.4 Å². The van der Waals surface area contributed by atoms with E-state index in [9.17, 15) is 19.0 Å². The van der Waals surface area contributed by atoms with Crippen molar-refractivity contribution < 1.29 is 37.3 Å². The quantitative estimate of drug-likeness (QED) is 0.0205. The number of carbonyl (C=O) groups excluding carboxylic acids is 2. The Hall–Kier alpha value is -3.33. The molecule has 0 rings (SSSR count). The Bertz CT molecular complexity index is 1700. The Balaban J connectivity index is 5.11. The summed E-state index contributed by atoms with van der Waals surface area (Å²) in [6, 6.07) is -0.862. The molecule has 0 fully saturated rings. The van der Waals surface area contributed by atoms with Crippen LogP contribution in [0, 0.1) is 0 Å². The number of likely N-dealkylation sites (N-methyl/N-ethyl adjacent to an activating group) is 1. The summed E-state index contributed by atoms with van der Waals surface area (Å²) in [5.41, 5.74) is 0. The number of amides is 1. The van der Waals surface area contributed by atoms with E-state index in [1.165, 1.54) is 89.9 Å². The molecule has 0 aromatic heterocycles. The van der Waals surface area contributed by atoms with Gasteiger partial charge in [-0.3, -0.25) is 18.6 Å². The van der Waals surface area contributed by atoms with Crippen LogP contribution in [-0.2, 0) is 27.9 Å². The van der Waals surface area contributed by atoms with Crippen molar-refractivity contribution in [3.63, 3.8) is 0 Å². The highest BCUT2D eigenvalue weighted by molar-refractivity contribution is 7.47. The van der Waals surface area contributed by atoms with E-state index in [0.717, 1.165) is 135 Å². The number of nitrogens with zero attached hydrogens (tertiary/aromatic N) is 1. The minimum absolute atomic E-state index is 0.0320. The lowest BCUT2D eigenvalue weighted by Gasteiger charge is -2.27. The van der Waals surface area contributed by atoms with Gasteiger partial charge in [-0.1, -0.05) is 246 Å². The number of hydrogen-bond acceptors (Lipinski definition) is 6. The van der Waals surface area contributed by atoms with Gasteiger partial charge >= 0.3 is 13.8 Å². The number of hydrogen-bond donors (Lipinski definition) is 2. The average Bonchev–Trinajstić information content (AvgIpc) is 3.41. The molecule has 1 amide bonds. The number of allylic oxidation sites excluding steroid dienone is 17. The summed E-state index contributed by atoms with van der Waals surface area (Å²) >= 11 is 0. The van der Waals surface area contributed by atoms with E-state index < -0.39 is 20.0 Å². The van der Waals surface area contributed by atoms with Crippen molar-refractivity contribution in [2.75, 3.05) is 40.9 Å². The van der Waals surface area contributed by atoms with Crippen molar-refractivity contribution in [2.45, 2.75) is 270 Å². The third-order valence-electron chi connectivity index (χ3n) is 13.5. The first kappa shape index (κ1) is 74.7. The number of carbonyl (C=O) groups is 2. The molecule has 3 unspecified atom stereocenters. The van der Waals surface area contributed by atoms with Gasteiger partial charge in [0.25, 0.3) is 0 Å². The van der Waals surface area contributed by atoms with Gasteiger partial charge in [-0.2, -0.15) is 0 Å². The second kappa shape index (κ2) is 56.9. The zero-order chi connectivity index (χ0) is 57.2. The van der Waals surface area contributed by atoms with Crippen LogP contribution in [0.5, 0.6) is 0 Å². The predicted molar refractivity (Wildman–Crippen MR) is 337 cm³/mol. The lowest BCUT2D eigenvalue weighted by Crippen LogP contribution is -2.47. The Kier molecular flexibility index (Phi) is 54.5. The highest BCUT2D eigenvalue weighted by Crippen LogP contribution is 2.43.